The van der Waals surface area contributed by atoms with E-state index < -0.39 is 0 Å². The number of thiazole rings is 1. The maximum Gasteiger partial charge on any atom is 0.0982 e. The summed E-state index contributed by atoms with van der Waals surface area (Å²) in [5, 5.41) is 3.42. The largest absolute Gasteiger partial charge is 0.326 e. The highest BCUT2D eigenvalue weighted by atomic mass is 35.5. The molecule has 2 unspecified atom stereocenters. The van der Waals surface area contributed by atoms with Gasteiger partial charge in [-0.2, -0.15) is 0 Å². The van der Waals surface area contributed by atoms with Crippen LogP contribution in [-0.2, 0) is 12.0 Å². The van der Waals surface area contributed by atoms with Gasteiger partial charge in [0.2, 0.25) is 0 Å². The van der Waals surface area contributed by atoms with E-state index in [0.29, 0.717) is 12.0 Å². The van der Waals surface area contributed by atoms with Crippen molar-refractivity contribution in [2.24, 2.45) is 11.7 Å². The molecule has 0 aliphatic carbocycles. The molecule has 1 fully saturated rings. The van der Waals surface area contributed by atoms with E-state index in [0.717, 1.165) is 19.6 Å². The lowest BCUT2D eigenvalue weighted by atomic mass is 9.98. The molecule has 0 saturated carbocycles. The minimum absolute atomic E-state index is 0. The Morgan fingerprint density at radius 2 is 2.11 bits per heavy atom. The molecule has 2 N–H and O–H groups in total. The van der Waals surface area contributed by atoms with Gasteiger partial charge in [-0.1, -0.05) is 27.7 Å². The van der Waals surface area contributed by atoms with Crippen molar-refractivity contribution in [2.45, 2.75) is 45.7 Å². The minimum Gasteiger partial charge on any atom is -0.326 e. The Balaban J connectivity index is 0.00000162. The van der Waals surface area contributed by atoms with Crippen LogP contribution in [0.2, 0.25) is 0 Å². The van der Waals surface area contributed by atoms with Crippen molar-refractivity contribution >= 4 is 23.7 Å². The van der Waals surface area contributed by atoms with Gasteiger partial charge < -0.3 is 5.73 Å². The van der Waals surface area contributed by atoms with Gasteiger partial charge in [0.15, 0.2) is 0 Å². The number of aromatic nitrogens is 1. The van der Waals surface area contributed by atoms with E-state index in [1.807, 2.05) is 0 Å². The number of likely N-dealkylation sites (tertiary alicyclic amines) is 1. The zero-order valence-electron chi connectivity index (χ0n) is 11.6. The Morgan fingerprint density at radius 3 is 2.56 bits per heavy atom. The smallest absolute Gasteiger partial charge is 0.0982 e. The van der Waals surface area contributed by atoms with Crippen molar-refractivity contribution in [3.8, 4) is 0 Å². The second-order valence-corrected chi connectivity index (χ2v) is 7.09. The third kappa shape index (κ3) is 3.67. The average Bonchev–Trinajstić information content (AvgIpc) is 2.75. The summed E-state index contributed by atoms with van der Waals surface area (Å²) in [6.07, 6.45) is 0. The van der Waals surface area contributed by atoms with Crippen LogP contribution in [0.5, 0.6) is 0 Å². The molecule has 0 bridgehead atoms. The molecule has 0 radical (unpaired) electrons. The van der Waals surface area contributed by atoms with Crippen molar-refractivity contribution in [2.75, 3.05) is 13.1 Å². The fourth-order valence-corrected chi connectivity index (χ4v) is 3.08. The molecule has 1 saturated heterocycles. The molecule has 2 atom stereocenters. The van der Waals surface area contributed by atoms with Crippen molar-refractivity contribution in [3.05, 3.63) is 16.1 Å². The molecule has 5 heteroatoms. The Labute approximate surface area is 120 Å². The summed E-state index contributed by atoms with van der Waals surface area (Å²) in [5.74, 6) is 0.607. The Hall–Kier alpha value is -0.160. The standard InChI is InChI=1S/C13H23N3S.ClH/c1-9-5-16(7-11(9)14)6-10-8-17-12(15-10)13(2,3)4;/h8-9,11H,5-7,14H2,1-4H3;1H. The highest BCUT2D eigenvalue weighted by Crippen LogP contribution is 2.26. The van der Waals surface area contributed by atoms with Crippen LogP contribution in [0.25, 0.3) is 0 Å². The highest BCUT2D eigenvalue weighted by molar-refractivity contribution is 7.09. The molecular weight excluding hydrogens is 266 g/mol. The molecule has 1 aliphatic rings. The second-order valence-electron chi connectivity index (χ2n) is 6.23. The van der Waals surface area contributed by atoms with Crippen LogP contribution < -0.4 is 5.73 Å². The van der Waals surface area contributed by atoms with Gasteiger partial charge in [-0.05, 0) is 5.92 Å². The monoisotopic (exact) mass is 289 g/mol. The average molecular weight is 290 g/mol. The molecule has 1 aromatic rings. The van der Waals surface area contributed by atoms with Crippen LogP contribution >= 0.6 is 23.7 Å². The third-order valence-corrected chi connectivity index (χ3v) is 4.64. The van der Waals surface area contributed by atoms with E-state index >= 15 is 0 Å². The van der Waals surface area contributed by atoms with E-state index in [2.05, 4.69) is 38.0 Å². The Kier molecular flexibility index (Phi) is 5.18. The quantitative estimate of drug-likeness (QED) is 0.910. The van der Waals surface area contributed by atoms with Gasteiger partial charge in [-0.15, -0.1) is 23.7 Å². The first kappa shape index (κ1) is 15.9. The summed E-state index contributed by atoms with van der Waals surface area (Å²) < 4.78 is 0. The predicted octanol–water partition coefficient (Wildman–Crippen LogP) is 2.64. The van der Waals surface area contributed by atoms with E-state index in [1.165, 1.54) is 10.7 Å². The molecule has 0 aromatic carbocycles. The van der Waals surface area contributed by atoms with E-state index in [-0.39, 0.29) is 17.8 Å². The Morgan fingerprint density at radius 1 is 1.44 bits per heavy atom. The van der Waals surface area contributed by atoms with Gasteiger partial charge in [0, 0.05) is 36.5 Å². The summed E-state index contributed by atoms with van der Waals surface area (Å²) in [6, 6.07) is 0.329. The minimum atomic E-state index is 0. The maximum atomic E-state index is 6.04. The summed E-state index contributed by atoms with van der Waals surface area (Å²) in [5.41, 5.74) is 7.40. The molecule has 3 nitrogen and oxygen atoms in total. The van der Waals surface area contributed by atoms with E-state index in [9.17, 15) is 0 Å². The van der Waals surface area contributed by atoms with Gasteiger partial charge in [0.1, 0.15) is 0 Å². The molecule has 0 amide bonds. The van der Waals surface area contributed by atoms with Crippen LogP contribution in [0.4, 0.5) is 0 Å². The van der Waals surface area contributed by atoms with Crippen molar-refractivity contribution in [1.82, 2.24) is 9.88 Å². The summed E-state index contributed by atoms with van der Waals surface area (Å²) in [4.78, 5) is 7.14. The van der Waals surface area contributed by atoms with Gasteiger partial charge in [-0.3, -0.25) is 4.90 Å². The summed E-state index contributed by atoms with van der Waals surface area (Å²) >= 11 is 1.77. The SMILES string of the molecule is CC1CN(Cc2csc(C(C)(C)C)n2)CC1N.Cl. The first-order chi connectivity index (χ1) is 7.86. The zero-order valence-corrected chi connectivity index (χ0v) is 13.3. The zero-order chi connectivity index (χ0) is 12.6. The lowest BCUT2D eigenvalue weighted by Gasteiger charge is -2.15. The maximum absolute atomic E-state index is 6.04. The van der Waals surface area contributed by atoms with Crippen LogP contribution in [0.15, 0.2) is 5.38 Å². The highest BCUT2D eigenvalue weighted by Gasteiger charge is 2.27. The summed E-state index contributed by atoms with van der Waals surface area (Å²) in [6.45, 7) is 11.9. The first-order valence-corrected chi connectivity index (χ1v) is 7.17. The topological polar surface area (TPSA) is 42.2 Å². The lowest BCUT2D eigenvalue weighted by molar-refractivity contribution is 0.315. The van der Waals surface area contributed by atoms with Gasteiger partial charge in [0.25, 0.3) is 0 Å². The van der Waals surface area contributed by atoms with Gasteiger partial charge >= 0.3 is 0 Å². The fraction of sp³-hybridized carbons (Fsp3) is 0.769. The molecule has 2 rings (SSSR count). The number of hydrogen-bond donors (Lipinski definition) is 1. The van der Waals surface area contributed by atoms with Crippen LogP contribution in [-0.4, -0.2) is 29.0 Å². The molecule has 2 heterocycles. The molecule has 0 spiro atoms. The molecule has 104 valence electrons. The normalized spacial score (nSPS) is 25.2. The first-order valence-electron chi connectivity index (χ1n) is 6.29. The summed E-state index contributed by atoms with van der Waals surface area (Å²) in [7, 11) is 0. The molecule has 1 aliphatic heterocycles. The molecule has 1 aromatic heterocycles. The number of rotatable bonds is 2. The van der Waals surface area contributed by atoms with Crippen molar-refractivity contribution < 1.29 is 0 Å². The molecular formula is C13H24ClN3S. The number of nitrogens with zero attached hydrogens (tertiary/aromatic N) is 2. The van der Waals surface area contributed by atoms with E-state index in [4.69, 9.17) is 10.7 Å². The Bertz CT molecular complexity index is 376. The third-order valence-electron chi connectivity index (χ3n) is 3.33. The fourth-order valence-electron chi connectivity index (χ4n) is 2.18. The number of hydrogen-bond acceptors (Lipinski definition) is 4. The van der Waals surface area contributed by atoms with Crippen molar-refractivity contribution in [3.63, 3.8) is 0 Å². The van der Waals surface area contributed by atoms with Gasteiger partial charge in [0.05, 0.1) is 10.7 Å². The second kappa shape index (κ2) is 5.87. The van der Waals surface area contributed by atoms with E-state index in [1.54, 1.807) is 11.3 Å². The van der Waals surface area contributed by atoms with Crippen LogP contribution in [0.1, 0.15) is 38.4 Å². The van der Waals surface area contributed by atoms with Crippen molar-refractivity contribution in [1.29, 1.82) is 0 Å². The number of nitrogens with two attached hydrogens (primary N) is 1. The lowest BCUT2D eigenvalue weighted by Crippen LogP contribution is -2.28. The molecule has 18 heavy (non-hydrogen) atoms. The van der Waals surface area contributed by atoms with Crippen LogP contribution in [0.3, 0.4) is 0 Å². The van der Waals surface area contributed by atoms with Gasteiger partial charge in [-0.25, -0.2) is 4.98 Å². The number of halogens is 1. The predicted molar refractivity (Wildman–Crippen MR) is 80.5 cm³/mol. The van der Waals surface area contributed by atoms with Crippen LogP contribution in [0, 0.1) is 5.92 Å².